The number of carbonyl (C=O) groups excluding carboxylic acids is 2. The van der Waals surface area contributed by atoms with Gasteiger partial charge in [0.1, 0.15) is 0 Å². The topological polar surface area (TPSA) is 49.4 Å². The van der Waals surface area contributed by atoms with E-state index in [9.17, 15) is 9.59 Å². The van der Waals surface area contributed by atoms with Gasteiger partial charge < -0.3 is 0 Å². The molecule has 4 nitrogen and oxygen atoms in total. The average Bonchev–Trinajstić information content (AvgIpc) is 2.29. The van der Waals surface area contributed by atoms with E-state index >= 15 is 0 Å². The van der Waals surface area contributed by atoms with E-state index in [1.54, 1.807) is 0 Å². The number of hydrogen-bond donors (Lipinski definition) is 1. The van der Waals surface area contributed by atoms with Gasteiger partial charge in [-0.25, -0.2) is 0 Å². The SMILES string of the molecule is B=CNCN1C(=O)CCC1=O. The Kier molecular flexibility index (Phi) is 2.41. The standard InChI is InChI=1S/C6H9BN2O2/c7-3-8-4-9-5(10)1-2-6(9)11/h3,7-8H,1-2,4H2. The van der Waals surface area contributed by atoms with E-state index in [1.807, 2.05) is 0 Å². The zero-order chi connectivity index (χ0) is 8.27. The van der Waals surface area contributed by atoms with Crippen LogP contribution in [0.5, 0.6) is 0 Å². The maximum atomic E-state index is 10.9. The van der Waals surface area contributed by atoms with E-state index in [1.165, 1.54) is 11.0 Å². The molecule has 0 aromatic heterocycles. The first-order chi connectivity index (χ1) is 5.25. The summed E-state index contributed by atoms with van der Waals surface area (Å²) in [6, 6.07) is 0. The third-order valence-electron chi connectivity index (χ3n) is 1.55. The van der Waals surface area contributed by atoms with Crippen molar-refractivity contribution in [1.29, 1.82) is 0 Å². The summed E-state index contributed by atoms with van der Waals surface area (Å²) in [6.45, 7) is 0.251. The molecule has 1 fully saturated rings. The average molecular weight is 152 g/mol. The number of imide groups is 1. The second kappa shape index (κ2) is 3.32. The second-order valence-electron chi connectivity index (χ2n) is 2.28. The zero-order valence-corrected chi connectivity index (χ0v) is 6.17. The predicted molar refractivity (Wildman–Crippen MR) is 42.3 cm³/mol. The minimum absolute atomic E-state index is 0.107. The van der Waals surface area contributed by atoms with Crippen molar-refractivity contribution in [3.8, 4) is 0 Å². The molecular formula is C6H9BN2O2. The molecule has 11 heavy (non-hydrogen) atoms. The van der Waals surface area contributed by atoms with E-state index in [2.05, 4.69) is 12.8 Å². The Hall–Kier alpha value is -1.13. The van der Waals surface area contributed by atoms with Gasteiger partial charge in [0.25, 0.3) is 0 Å². The molecule has 0 aromatic carbocycles. The first kappa shape index (κ1) is 7.98. The van der Waals surface area contributed by atoms with Crippen LogP contribution in [-0.4, -0.2) is 37.0 Å². The summed E-state index contributed by atoms with van der Waals surface area (Å²) in [5.74, 6) is -0.214. The van der Waals surface area contributed by atoms with Crippen LogP contribution < -0.4 is 5.32 Å². The third kappa shape index (κ3) is 1.66. The molecule has 1 aliphatic rings. The molecule has 0 aromatic rings. The third-order valence-corrected chi connectivity index (χ3v) is 1.55. The monoisotopic (exact) mass is 152 g/mol. The summed E-state index contributed by atoms with van der Waals surface area (Å²) >= 11 is 0. The van der Waals surface area contributed by atoms with Gasteiger partial charge in [0.2, 0.25) is 0 Å². The van der Waals surface area contributed by atoms with Crippen LogP contribution in [0.25, 0.3) is 0 Å². The zero-order valence-electron chi connectivity index (χ0n) is 6.17. The molecular weight excluding hydrogens is 143 g/mol. The van der Waals surface area contributed by atoms with E-state index in [0.29, 0.717) is 12.8 Å². The van der Waals surface area contributed by atoms with Crippen molar-refractivity contribution in [2.75, 3.05) is 6.67 Å². The van der Waals surface area contributed by atoms with Gasteiger partial charge in [0.05, 0.1) is 0 Å². The van der Waals surface area contributed by atoms with Gasteiger partial charge in [-0.1, -0.05) is 0 Å². The molecule has 2 amide bonds. The Bertz CT molecular complexity index is 189. The number of nitrogens with zero attached hydrogens (tertiary/aromatic N) is 1. The Morgan fingerprint density at radius 3 is 2.45 bits per heavy atom. The molecule has 0 aliphatic carbocycles. The number of hydrogen-bond acceptors (Lipinski definition) is 3. The van der Waals surface area contributed by atoms with E-state index in [0.717, 1.165) is 0 Å². The number of carbonyl (C=O) groups is 2. The van der Waals surface area contributed by atoms with Gasteiger partial charge in [0, 0.05) is 0 Å². The molecule has 58 valence electrons. The minimum atomic E-state index is -0.107. The van der Waals surface area contributed by atoms with Gasteiger partial charge in [-0.2, -0.15) is 0 Å². The van der Waals surface area contributed by atoms with Crippen LogP contribution in [0.4, 0.5) is 0 Å². The summed E-state index contributed by atoms with van der Waals surface area (Å²) in [5, 5.41) is 2.70. The molecule has 5 heteroatoms. The molecule has 1 heterocycles. The molecule has 0 radical (unpaired) electrons. The first-order valence-electron chi connectivity index (χ1n) is 3.43. The van der Waals surface area contributed by atoms with Crippen molar-refractivity contribution < 1.29 is 9.59 Å². The molecule has 0 spiro atoms. The molecule has 1 saturated heterocycles. The molecule has 1 aliphatic heterocycles. The Morgan fingerprint density at radius 2 is 2.00 bits per heavy atom. The normalized spacial score (nSPS) is 17.2. The summed E-state index contributed by atoms with van der Waals surface area (Å²) < 4.78 is 0. The summed E-state index contributed by atoms with van der Waals surface area (Å²) in [5.41, 5.74) is 0. The molecule has 1 rings (SSSR count). The van der Waals surface area contributed by atoms with E-state index in [4.69, 9.17) is 0 Å². The number of likely N-dealkylation sites (tertiary alicyclic amines) is 1. The second-order valence-corrected chi connectivity index (χ2v) is 2.28. The first-order valence-corrected chi connectivity index (χ1v) is 3.43. The van der Waals surface area contributed by atoms with Crippen molar-refractivity contribution in [3.05, 3.63) is 0 Å². The summed E-state index contributed by atoms with van der Waals surface area (Å²) in [7, 11) is 3.41. The summed E-state index contributed by atoms with van der Waals surface area (Å²) in [6.07, 6.45) is 2.15. The molecule has 0 unspecified atom stereocenters. The van der Waals surface area contributed by atoms with Crippen LogP contribution in [0.2, 0.25) is 0 Å². The Balaban J connectivity index is 2.47. The molecule has 0 saturated carbocycles. The van der Waals surface area contributed by atoms with Crippen LogP contribution in [-0.2, 0) is 9.59 Å². The van der Waals surface area contributed by atoms with Crippen molar-refractivity contribution in [3.63, 3.8) is 0 Å². The van der Waals surface area contributed by atoms with Crippen LogP contribution in [0.1, 0.15) is 12.8 Å². The number of amides is 2. The molecule has 1 N–H and O–H groups in total. The fourth-order valence-corrected chi connectivity index (χ4v) is 0.955. The van der Waals surface area contributed by atoms with Gasteiger partial charge in [-0.05, 0) is 0 Å². The van der Waals surface area contributed by atoms with Crippen molar-refractivity contribution in [2.45, 2.75) is 12.8 Å². The fourth-order valence-electron chi connectivity index (χ4n) is 0.955. The van der Waals surface area contributed by atoms with Crippen LogP contribution in [0.15, 0.2) is 0 Å². The van der Waals surface area contributed by atoms with Gasteiger partial charge in [-0.15, -0.1) is 0 Å². The van der Waals surface area contributed by atoms with E-state index in [-0.39, 0.29) is 18.5 Å². The summed E-state index contributed by atoms with van der Waals surface area (Å²) in [4.78, 5) is 23.0. The quantitative estimate of drug-likeness (QED) is 0.389. The predicted octanol–water partition coefficient (Wildman–Crippen LogP) is -1.66. The Labute approximate surface area is 65.6 Å². The Morgan fingerprint density at radius 1 is 1.45 bits per heavy atom. The number of rotatable bonds is 3. The molecule has 0 bridgehead atoms. The van der Waals surface area contributed by atoms with Crippen molar-refractivity contribution in [2.24, 2.45) is 0 Å². The van der Waals surface area contributed by atoms with Crippen molar-refractivity contribution >= 4 is 25.4 Å². The van der Waals surface area contributed by atoms with Crippen LogP contribution >= 0.6 is 0 Å². The van der Waals surface area contributed by atoms with Crippen molar-refractivity contribution in [1.82, 2.24) is 10.2 Å². The van der Waals surface area contributed by atoms with Crippen LogP contribution in [0, 0.1) is 0 Å². The fraction of sp³-hybridized carbons (Fsp3) is 0.500. The van der Waals surface area contributed by atoms with E-state index < -0.39 is 0 Å². The maximum absolute atomic E-state index is 10.9. The number of nitrogens with one attached hydrogen (secondary N) is 1. The van der Waals surface area contributed by atoms with Crippen LogP contribution in [0.3, 0.4) is 0 Å². The molecule has 0 atom stereocenters. The van der Waals surface area contributed by atoms with Gasteiger partial charge in [-0.3, -0.25) is 0 Å². The van der Waals surface area contributed by atoms with Gasteiger partial charge >= 0.3 is 64.7 Å². The van der Waals surface area contributed by atoms with Gasteiger partial charge in [0.15, 0.2) is 0 Å².